The van der Waals surface area contributed by atoms with Crippen LogP contribution in [0.25, 0.3) is 0 Å². The molecule has 3 heterocycles. The van der Waals surface area contributed by atoms with Gasteiger partial charge in [-0.3, -0.25) is 14.3 Å². The molecule has 0 saturated carbocycles. The highest BCUT2D eigenvalue weighted by molar-refractivity contribution is 6.30. The van der Waals surface area contributed by atoms with Gasteiger partial charge in [-0.15, -0.1) is 0 Å². The first-order valence-electron chi connectivity index (χ1n) is 9.29. The molecule has 0 spiro atoms. The fourth-order valence-corrected chi connectivity index (χ4v) is 3.89. The molecule has 4 rings (SSSR count). The Morgan fingerprint density at radius 3 is 2.70 bits per heavy atom. The van der Waals surface area contributed by atoms with Crippen molar-refractivity contribution in [1.29, 1.82) is 0 Å². The third-order valence-electron chi connectivity index (χ3n) is 5.16. The monoisotopic (exact) mass is 385 g/mol. The minimum Gasteiger partial charge on any atom is -0.382 e. The van der Waals surface area contributed by atoms with Crippen molar-refractivity contribution in [3.05, 3.63) is 69.8 Å². The van der Waals surface area contributed by atoms with E-state index in [9.17, 15) is 5.11 Å². The minimum atomic E-state index is -0.697. The zero-order valence-corrected chi connectivity index (χ0v) is 16.4. The smallest absolute Gasteiger partial charge is 0.131 e. The number of rotatable bonds is 5. The van der Waals surface area contributed by atoms with Crippen LogP contribution < -0.4 is 0 Å². The molecule has 0 saturated heterocycles. The van der Waals surface area contributed by atoms with E-state index in [4.69, 9.17) is 11.6 Å². The van der Waals surface area contributed by atoms with Crippen LogP contribution in [0.2, 0.25) is 5.15 Å². The van der Waals surface area contributed by atoms with Crippen molar-refractivity contribution in [2.24, 2.45) is 7.05 Å². The summed E-state index contributed by atoms with van der Waals surface area (Å²) in [5, 5.41) is 20.5. The summed E-state index contributed by atoms with van der Waals surface area (Å²) < 4.78 is 3.75. The third kappa shape index (κ3) is 3.52. The minimum absolute atomic E-state index is 0.697. The zero-order chi connectivity index (χ0) is 19.0. The SMILES string of the molecule is CCc1nn(C)c(Cl)c1CN1CCn2nc(C(O)c3ccccc3)cc2C1. The van der Waals surface area contributed by atoms with Gasteiger partial charge >= 0.3 is 0 Å². The summed E-state index contributed by atoms with van der Waals surface area (Å²) in [5.41, 5.74) is 4.84. The van der Waals surface area contributed by atoms with Gasteiger partial charge in [0.25, 0.3) is 0 Å². The Morgan fingerprint density at radius 1 is 1.19 bits per heavy atom. The number of nitrogens with zero attached hydrogens (tertiary/aromatic N) is 5. The first kappa shape index (κ1) is 18.2. The van der Waals surface area contributed by atoms with Crippen LogP contribution in [0.1, 0.15) is 41.2 Å². The molecule has 0 amide bonds. The molecule has 6 nitrogen and oxygen atoms in total. The van der Waals surface area contributed by atoms with Gasteiger partial charge in [0.1, 0.15) is 11.3 Å². The predicted molar refractivity (Wildman–Crippen MR) is 104 cm³/mol. The van der Waals surface area contributed by atoms with Crippen LogP contribution in [0.5, 0.6) is 0 Å². The van der Waals surface area contributed by atoms with Gasteiger partial charge in [-0.05, 0) is 18.1 Å². The van der Waals surface area contributed by atoms with Crippen LogP contribution >= 0.6 is 11.6 Å². The van der Waals surface area contributed by atoms with Gasteiger partial charge in [0.05, 0.1) is 23.6 Å². The summed E-state index contributed by atoms with van der Waals surface area (Å²) in [6, 6.07) is 11.7. The number of aromatic nitrogens is 4. The number of benzene rings is 1. The fraction of sp³-hybridized carbons (Fsp3) is 0.400. The van der Waals surface area contributed by atoms with Crippen LogP contribution in [-0.4, -0.2) is 36.1 Å². The molecule has 142 valence electrons. The number of aryl methyl sites for hydroxylation is 2. The molecule has 2 aromatic heterocycles. The number of aliphatic hydroxyl groups excluding tert-OH is 1. The quantitative estimate of drug-likeness (QED) is 0.733. The normalized spacial score (nSPS) is 15.7. The molecule has 0 fully saturated rings. The van der Waals surface area contributed by atoms with Crippen molar-refractivity contribution in [3.63, 3.8) is 0 Å². The number of aliphatic hydroxyl groups is 1. The van der Waals surface area contributed by atoms with Gasteiger partial charge in [0.2, 0.25) is 0 Å². The van der Waals surface area contributed by atoms with E-state index in [-0.39, 0.29) is 0 Å². The predicted octanol–water partition coefficient (Wildman–Crippen LogP) is 2.93. The molecule has 1 aliphatic rings. The van der Waals surface area contributed by atoms with E-state index < -0.39 is 6.10 Å². The Kier molecular flexibility index (Phi) is 5.04. The van der Waals surface area contributed by atoms with Crippen LogP contribution in [0, 0.1) is 0 Å². The number of hydrogen-bond acceptors (Lipinski definition) is 4. The first-order valence-corrected chi connectivity index (χ1v) is 9.66. The third-order valence-corrected chi connectivity index (χ3v) is 5.63. The van der Waals surface area contributed by atoms with Crippen LogP contribution in [0.4, 0.5) is 0 Å². The maximum atomic E-state index is 10.6. The number of fused-ring (bicyclic) bond motifs is 1. The fourth-order valence-electron chi connectivity index (χ4n) is 3.68. The summed E-state index contributed by atoms with van der Waals surface area (Å²) in [4.78, 5) is 2.36. The van der Waals surface area contributed by atoms with Crippen molar-refractivity contribution in [2.45, 2.75) is 39.1 Å². The lowest BCUT2D eigenvalue weighted by atomic mass is 10.1. The largest absolute Gasteiger partial charge is 0.382 e. The second-order valence-corrected chi connectivity index (χ2v) is 7.36. The highest BCUT2D eigenvalue weighted by atomic mass is 35.5. The molecular weight excluding hydrogens is 362 g/mol. The molecule has 0 bridgehead atoms. The van der Waals surface area contributed by atoms with E-state index in [0.717, 1.165) is 55.1 Å². The number of hydrogen-bond donors (Lipinski definition) is 1. The van der Waals surface area contributed by atoms with Gasteiger partial charge < -0.3 is 5.11 Å². The van der Waals surface area contributed by atoms with Crippen LogP contribution in [-0.2, 0) is 33.1 Å². The molecule has 27 heavy (non-hydrogen) atoms. The Hall–Kier alpha value is -2.15. The van der Waals surface area contributed by atoms with E-state index >= 15 is 0 Å². The standard InChI is InChI=1S/C20H24ClN5O/c1-3-17-16(20(21)24(2)22-17)13-25-9-10-26-15(12-25)11-18(23-26)19(27)14-7-5-4-6-8-14/h4-8,11,19,27H,3,9-10,12-13H2,1-2H3. The molecule has 0 radical (unpaired) electrons. The van der Waals surface area contributed by atoms with E-state index in [1.807, 2.05) is 48.1 Å². The van der Waals surface area contributed by atoms with E-state index in [1.165, 1.54) is 0 Å². The van der Waals surface area contributed by atoms with Crippen molar-refractivity contribution >= 4 is 11.6 Å². The summed E-state index contributed by atoms with van der Waals surface area (Å²) in [5.74, 6) is 0. The molecule has 7 heteroatoms. The Morgan fingerprint density at radius 2 is 1.96 bits per heavy atom. The molecule has 0 aliphatic carbocycles. The Bertz CT molecular complexity index is 934. The number of halogens is 1. The van der Waals surface area contributed by atoms with Crippen molar-refractivity contribution in [2.75, 3.05) is 6.54 Å². The van der Waals surface area contributed by atoms with E-state index in [0.29, 0.717) is 10.8 Å². The van der Waals surface area contributed by atoms with Crippen molar-refractivity contribution in [1.82, 2.24) is 24.5 Å². The van der Waals surface area contributed by atoms with Gasteiger partial charge in [-0.25, -0.2) is 0 Å². The van der Waals surface area contributed by atoms with Crippen LogP contribution in [0.3, 0.4) is 0 Å². The molecule has 1 aromatic carbocycles. The van der Waals surface area contributed by atoms with Crippen molar-refractivity contribution < 1.29 is 5.11 Å². The molecule has 1 unspecified atom stereocenters. The average molecular weight is 386 g/mol. The second-order valence-electron chi connectivity index (χ2n) is 7.00. The zero-order valence-electron chi connectivity index (χ0n) is 15.6. The Balaban J connectivity index is 1.52. The lowest BCUT2D eigenvalue weighted by Crippen LogP contribution is -2.33. The van der Waals surface area contributed by atoms with Gasteiger partial charge in [-0.1, -0.05) is 48.9 Å². The highest BCUT2D eigenvalue weighted by Gasteiger charge is 2.24. The van der Waals surface area contributed by atoms with Crippen molar-refractivity contribution in [3.8, 4) is 0 Å². The second kappa shape index (κ2) is 7.46. The molecule has 1 atom stereocenters. The average Bonchev–Trinajstić information content (AvgIpc) is 3.24. The van der Waals surface area contributed by atoms with Gasteiger partial charge in [-0.2, -0.15) is 10.2 Å². The highest BCUT2D eigenvalue weighted by Crippen LogP contribution is 2.26. The Labute approximate surface area is 164 Å². The van der Waals surface area contributed by atoms with E-state index in [1.54, 1.807) is 4.68 Å². The molecule has 1 N–H and O–H groups in total. The van der Waals surface area contributed by atoms with E-state index in [2.05, 4.69) is 22.0 Å². The summed E-state index contributed by atoms with van der Waals surface area (Å²) in [7, 11) is 1.88. The van der Waals surface area contributed by atoms with Gasteiger partial charge in [0.15, 0.2) is 0 Å². The maximum Gasteiger partial charge on any atom is 0.131 e. The van der Waals surface area contributed by atoms with Gasteiger partial charge in [0, 0.05) is 32.2 Å². The lowest BCUT2D eigenvalue weighted by molar-refractivity contribution is 0.200. The topological polar surface area (TPSA) is 59.1 Å². The molecule has 1 aliphatic heterocycles. The first-order chi connectivity index (χ1) is 13.1. The van der Waals surface area contributed by atoms with Crippen LogP contribution in [0.15, 0.2) is 36.4 Å². The molecule has 3 aromatic rings. The maximum absolute atomic E-state index is 10.6. The summed E-state index contributed by atoms with van der Waals surface area (Å²) >= 11 is 6.45. The summed E-state index contributed by atoms with van der Waals surface area (Å²) in [6.45, 7) is 5.35. The summed E-state index contributed by atoms with van der Waals surface area (Å²) in [6.07, 6.45) is 0.173. The molecular formula is C20H24ClN5O. The lowest BCUT2D eigenvalue weighted by Gasteiger charge is -2.27.